The van der Waals surface area contributed by atoms with Crippen LogP contribution in [0.15, 0.2) is 0 Å². The topological polar surface area (TPSA) is 55.6 Å². The molecule has 4 fully saturated rings. The fraction of sp³-hybridized carbons (Fsp3) is 0.947. The first kappa shape index (κ1) is 15.9. The lowest BCUT2D eigenvalue weighted by Crippen LogP contribution is -2.51. The monoisotopic (exact) mass is 320 g/mol. The molecule has 0 aromatic heterocycles. The second-order valence-corrected chi connectivity index (χ2v) is 8.39. The van der Waals surface area contributed by atoms with E-state index in [1.165, 1.54) is 32.1 Å². The molecule has 4 heteroatoms. The maximum absolute atomic E-state index is 13.2. The van der Waals surface area contributed by atoms with Gasteiger partial charge in [-0.25, -0.2) is 0 Å². The van der Waals surface area contributed by atoms with Gasteiger partial charge in [0.15, 0.2) is 0 Å². The van der Waals surface area contributed by atoms with Crippen LogP contribution in [-0.4, -0.2) is 42.6 Å². The molecule has 0 aromatic carbocycles. The van der Waals surface area contributed by atoms with Gasteiger partial charge < -0.3 is 15.4 Å². The van der Waals surface area contributed by atoms with Gasteiger partial charge in [0.1, 0.15) is 0 Å². The SMILES string of the molecule is NC1C2CCCC1CC(C(=O)N1CCCC1C1CCOCC1)C2. The lowest BCUT2D eigenvalue weighted by atomic mass is 9.65. The van der Waals surface area contributed by atoms with E-state index in [4.69, 9.17) is 10.5 Å². The molecular weight excluding hydrogens is 288 g/mol. The summed E-state index contributed by atoms with van der Waals surface area (Å²) in [7, 11) is 0. The number of nitrogens with zero attached hydrogens (tertiary/aromatic N) is 1. The van der Waals surface area contributed by atoms with Crippen molar-refractivity contribution in [2.45, 2.75) is 69.9 Å². The van der Waals surface area contributed by atoms with Gasteiger partial charge in [0, 0.05) is 37.8 Å². The summed E-state index contributed by atoms with van der Waals surface area (Å²) < 4.78 is 5.52. The average Bonchev–Trinajstić information content (AvgIpc) is 3.04. The highest BCUT2D eigenvalue weighted by Crippen LogP contribution is 2.43. The summed E-state index contributed by atoms with van der Waals surface area (Å²) in [5.41, 5.74) is 6.41. The van der Waals surface area contributed by atoms with Crippen LogP contribution in [0.2, 0.25) is 0 Å². The molecule has 2 bridgehead atoms. The molecule has 2 N–H and O–H groups in total. The van der Waals surface area contributed by atoms with E-state index >= 15 is 0 Å². The number of ether oxygens (including phenoxy) is 1. The smallest absolute Gasteiger partial charge is 0.225 e. The van der Waals surface area contributed by atoms with Crippen LogP contribution in [0.25, 0.3) is 0 Å². The van der Waals surface area contributed by atoms with E-state index in [0.29, 0.717) is 35.7 Å². The van der Waals surface area contributed by atoms with E-state index in [2.05, 4.69) is 4.90 Å². The number of carbonyl (C=O) groups excluding carboxylic acids is 1. The minimum absolute atomic E-state index is 0.255. The first-order valence-electron chi connectivity index (χ1n) is 9.88. The van der Waals surface area contributed by atoms with Crippen molar-refractivity contribution in [1.29, 1.82) is 0 Å². The third-order valence-corrected chi connectivity index (χ3v) is 7.15. The summed E-state index contributed by atoms with van der Waals surface area (Å²) >= 11 is 0. The molecule has 2 aliphatic heterocycles. The molecule has 2 heterocycles. The fourth-order valence-corrected chi connectivity index (χ4v) is 5.88. The Bertz CT molecular complexity index is 421. The van der Waals surface area contributed by atoms with Crippen LogP contribution in [0.1, 0.15) is 57.8 Å². The number of hydrogen-bond donors (Lipinski definition) is 1. The van der Waals surface area contributed by atoms with E-state index in [-0.39, 0.29) is 5.92 Å². The molecule has 2 aliphatic carbocycles. The van der Waals surface area contributed by atoms with Crippen LogP contribution < -0.4 is 5.73 Å². The van der Waals surface area contributed by atoms with Gasteiger partial charge in [-0.3, -0.25) is 4.79 Å². The molecule has 2 saturated heterocycles. The molecule has 2 saturated carbocycles. The Labute approximate surface area is 140 Å². The zero-order valence-electron chi connectivity index (χ0n) is 14.3. The van der Waals surface area contributed by atoms with Crippen molar-refractivity contribution < 1.29 is 9.53 Å². The van der Waals surface area contributed by atoms with Gasteiger partial charge >= 0.3 is 0 Å². The number of hydrogen-bond acceptors (Lipinski definition) is 3. The zero-order valence-corrected chi connectivity index (χ0v) is 14.3. The molecule has 130 valence electrons. The minimum atomic E-state index is 0.255. The Kier molecular flexibility index (Phi) is 4.64. The number of amides is 1. The van der Waals surface area contributed by atoms with Gasteiger partial charge in [0.25, 0.3) is 0 Å². The summed E-state index contributed by atoms with van der Waals surface area (Å²) in [5.74, 6) is 2.58. The molecule has 0 aromatic rings. The normalized spacial score (nSPS) is 42.0. The van der Waals surface area contributed by atoms with Crippen molar-refractivity contribution in [3.05, 3.63) is 0 Å². The number of rotatable bonds is 2. The van der Waals surface area contributed by atoms with E-state index in [1.54, 1.807) is 0 Å². The quantitative estimate of drug-likeness (QED) is 0.851. The standard InChI is InChI=1S/C19H32N2O2/c20-18-14-3-1-4-15(18)12-16(11-14)19(22)21-8-2-5-17(21)13-6-9-23-10-7-13/h13-18H,1-12,20H2. The Balaban J connectivity index is 1.43. The molecule has 3 atom stereocenters. The highest BCUT2D eigenvalue weighted by molar-refractivity contribution is 5.79. The van der Waals surface area contributed by atoms with E-state index < -0.39 is 0 Å². The molecule has 3 unspecified atom stereocenters. The second-order valence-electron chi connectivity index (χ2n) is 8.39. The highest BCUT2D eigenvalue weighted by atomic mass is 16.5. The number of nitrogens with two attached hydrogens (primary N) is 1. The van der Waals surface area contributed by atoms with Gasteiger partial charge in [0.2, 0.25) is 5.91 Å². The first-order valence-corrected chi connectivity index (χ1v) is 9.88. The molecule has 4 rings (SSSR count). The lowest BCUT2D eigenvalue weighted by molar-refractivity contribution is -0.141. The van der Waals surface area contributed by atoms with Crippen molar-refractivity contribution in [2.75, 3.05) is 19.8 Å². The molecule has 23 heavy (non-hydrogen) atoms. The summed E-state index contributed by atoms with van der Waals surface area (Å²) in [6, 6.07) is 0.847. The van der Waals surface area contributed by atoms with Crippen LogP contribution in [-0.2, 0) is 9.53 Å². The molecule has 0 radical (unpaired) electrons. The molecule has 0 spiro atoms. The summed E-state index contributed by atoms with van der Waals surface area (Å²) in [6.07, 6.45) is 10.6. The van der Waals surface area contributed by atoms with E-state index in [9.17, 15) is 4.79 Å². The van der Waals surface area contributed by atoms with Crippen molar-refractivity contribution in [1.82, 2.24) is 4.90 Å². The summed E-state index contributed by atoms with van der Waals surface area (Å²) in [5, 5.41) is 0. The second kappa shape index (κ2) is 6.72. The zero-order chi connectivity index (χ0) is 15.8. The average molecular weight is 320 g/mol. The van der Waals surface area contributed by atoms with Crippen LogP contribution in [0, 0.1) is 23.7 Å². The molecular formula is C19H32N2O2. The lowest BCUT2D eigenvalue weighted by Gasteiger charge is -2.45. The predicted octanol–water partition coefficient (Wildman–Crippen LogP) is 2.56. The molecule has 1 amide bonds. The van der Waals surface area contributed by atoms with Crippen molar-refractivity contribution in [3.63, 3.8) is 0 Å². The van der Waals surface area contributed by atoms with Crippen molar-refractivity contribution in [2.24, 2.45) is 29.4 Å². The van der Waals surface area contributed by atoms with Crippen LogP contribution >= 0.6 is 0 Å². The Morgan fingerprint density at radius 1 is 0.913 bits per heavy atom. The van der Waals surface area contributed by atoms with Crippen molar-refractivity contribution >= 4 is 5.91 Å². The highest BCUT2D eigenvalue weighted by Gasteiger charge is 2.44. The van der Waals surface area contributed by atoms with Gasteiger partial charge in [-0.15, -0.1) is 0 Å². The van der Waals surface area contributed by atoms with Gasteiger partial charge in [-0.1, -0.05) is 6.42 Å². The minimum Gasteiger partial charge on any atom is -0.381 e. The van der Waals surface area contributed by atoms with Gasteiger partial charge in [-0.05, 0) is 69.1 Å². The van der Waals surface area contributed by atoms with E-state index in [1.807, 2.05) is 0 Å². The molecule has 4 aliphatic rings. The van der Waals surface area contributed by atoms with Crippen LogP contribution in [0.5, 0.6) is 0 Å². The third-order valence-electron chi connectivity index (χ3n) is 7.15. The van der Waals surface area contributed by atoms with Gasteiger partial charge in [-0.2, -0.15) is 0 Å². The summed E-state index contributed by atoms with van der Waals surface area (Å²) in [6.45, 7) is 2.75. The van der Waals surface area contributed by atoms with Crippen LogP contribution in [0.3, 0.4) is 0 Å². The number of fused-ring (bicyclic) bond motifs is 2. The number of likely N-dealkylation sites (tertiary alicyclic amines) is 1. The summed E-state index contributed by atoms with van der Waals surface area (Å²) in [4.78, 5) is 15.5. The largest absolute Gasteiger partial charge is 0.381 e. The Hall–Kier alpha value is -0.610. The van der Waals surface area contributed by atoms with Gasteiger partial charge in [0.05, 0.1) is 0 Å². The van der Waals surface area contributed by atoms with Crippen LogP contribution in [0.4, 0.5) is 0 Å². The third kappa shape index (κ3) is 3.05. The number of carbonyl (C=O) groups is 1. The maximum Gasteiger partial charge on any atom is 0.225 e. The fourth-order valence-electron chi connectivity index (χ4n) is 5.88. The van der Waals surface area contributed by atoms with E-state index in [0.717, 1.165) is 45.4 Å². The predicted molar refractivity (Wildman–Crippen MR) is 89.8 cm³/mol. The molecule has 4 nitrogen and oxygen atoms in total. The maximum atomic E-state index is 13.2. The Morgan fingerprint density at radius 2 is 1.61 bits per heavy atom. The van der Waals surface area contributed by atoms with Crippen molar-refractivity contribution in [3.8, 4) is 0 Å². The first-order chi connectivity index (χ1) is 11.2. The Morgan fingerprint density at radius 3 is 2.30 bits per heavy atom.